The Kier molecular flexibility index (Phi) is 4.71. The van der Waals surface area contributed by atoms with E-state index in [4.69, 9.17) is 5.73 Å². The fraction of sp³-hybridized carbons (Fsp3) is 0.353. The molecule has 2 aromatic heterocycles. The Morgan fingerprint density at radius 1 is 1.31 bits per heavy atom. The lowest BCUT2D eigenvalue weighted by atomic mass is 10.1. The molecule has 1 amide bonds. The highest BCUT2D eigenvalue weighted by atomic mass is 19.4. The highest BCUT2D eigenvalue weighted by Crippen LogP contribution is 2.33. The number of nitrogens with zero attached hydrogens (tertiary/aromatic N) is 3. The zero-order valence-corrected chi connectivity index (χ0v) is 14.1. The molecule has 138 valence electrons. The van der Waals surface area contributed by atoms with Gasteiger partial charge < -0.3 is 15.6 Å². The van der Waals surface area contributed by atoms with Gasteiger partial charge in [-0.05, 0) is 18.6 Å². The summed E-state index contributed by atoms with van der Waals surface area (Å²) < 4.78 is 38.7. The van der Waals surface area contributed by atoms with E-state index in [1.807, 2.05) is 6.92 Å². The Bertz CT molecular complexity index is 951. The van der Waals surface area contributed by atoms with Crippen LogP contribution in [0.5, 0.6) is 0 Å². The molecule has 0 atom stereocenters. The smallest absolute Gasteiger partial charge is 0.382 e. The number of rotatable bonds is 6. The molecule has 0 fully saturated rings. The molecule has 0 aliphatic heterocycles. The number of imidazole rings is 1. The van der Waals surface area contributed by atoms with Gasteiger partial charge in [0.1, 0.15) is 11.3 Å². The minimum Gasteiger partial charge on any atom is -0.382 e. The number of H-pyrrole nitrogens is 1. The van der Waals surface area contributed by atoms with Crippen molar-refractivity contribution in [3.8, 4) is 0 Å². The lowest BCUT2D eigenvalue weighted by Crippen LogP contribution is -2.23. The third-order valence-corrected chi connectivity index (χ3v) is 4.13. The van der Waals surface area contributed by atoms with Crippen LogP contribution in [0, 0.1) is 0 Å². The minimum absolute atomic E-state index is 0.0422. The SMILES string of the molecule is CCCCN(C=O)Cc1nc2c(N)nc3cc(C(F)(F)F)ccc3c2[nH]1. The first kappa shape index (κ1) is 18.0. The van der Waals surface area contributed by atoms with Gasteiger partial charge in [0.05, 0.1) is 23.1 Å². The van der Waals surface area contributed by atoms with E-state index in [-0.39, 0.29) is 17.9 Å². The van der Waals surface area contributed by atoms with E-state index >= 15 is 0 Å². The van der Waals surface area contributed by atoms with Crippen molar-refractivity contribution >= 4 is 34.2 Å². The normalized spacial score (nSPS) is 12.0. The predicted molar refractivity (Wildman–Crippen MR) is 92.2 cm³/mol. The second kappa shape index (κ2) is 6.81. The second-order valence-corrected chi connectivity index (χ2v) is 6.06. The topological polar surface area (TPSA) is 87.9 Å². The van der Waals surface area contributed by atoms with Gasteiger partial charge in [0.2, 0.25) is 6.41 Å². The molecular formula is C17H18F3N5O. The van der Waals surface area contributed by atoms with Crippen molar-refractivity contribution in [3.05, 3.63) is 29.6 Å². The van der Waals surface area contributed by atoms with Crippen molar-refractivity contribution in [2.45, 2.75) is 32.5 Å². The van der Waals surface area contributed by atoms with Gasteiger partial charge in [-0.1, -0.05) is 19.4 Å². The fourth-order valence-electron chi connectivity index (χ4n) is 2.79. The number of benzene rings is 1. The van der Waals surface area contributed by atoms with Gasteiger partial charge in [0.15, 0.2) is 5.82 Å². The summed E-state index contributed by atoms with van der Waals surface area (Å²) in [6.45, 7) is 2.89. The lowest BCUT2D eigenvalue weighted by molar-refractivity contribution is -0.137. The quantitative estimate of drug-likeness (QED) is 0.655. The molecule has 3 rings (SSSR count). The van der Waals surface area contributed by atoms with Crippen LogP contribution in [0.2, 0.25) is 0 Å². The molecule has 0 bridgehead atoms. The van der Waals surface area contributed by atoms with Crippen LogP contribution >= 0.6 is 0 Å². The van der Waals surface area contributed by atoms with Gasteiger partial charge in [-0.2, -0.15) is 13.2 Å². The highest BCUT2D eigenvalue weighted by molar-refractivity contribution is 6.06. The molecule has 26 heavy (non-hydrogen) atoms. The summed E-state index contributed by atoms with van der Waals surface area (Å²) in [6, 6.07) is 3.31. The number of nitrogens with two attached hydrogens (primary N) is 1. The number of aromatic nitrogens is 3. The van der Waals surface area contributed by atoms with Crippen molar-refractivity contribution in [1.29, 1.82) is 0 Å². The molecule has 0 spiro atoms. The number of alkyl halides is 3. The average Bonchev–Trinajstić information content (AvgIpc) is 3.02. The van der Waals surface area contributed by atoms with Crippen molar-refractivity contribution in [1.82, 2.24) is 19.9 Å². The minimum atomic E-state index is -4.46. The van der Waals surface area contributed by atoms with Crippen LogP contribution in [0.25, 0.3) is 21.9 Å². The first-order valence-corrected chi connectivity index (χ1v) is 8.18. The molecule has 0 aliphatic carbocycles. The summed E-state index contributed by atoms with van der Waals surface area (Å²) >= 11 is 0. The van der Waals surface area contributed by atoms with Crippen LogP contribution in [0.4, 0.5) is 19.0 Å². The van der Waals surface area contributed by atoms with Crippen molar-refractivity contribution in [2.75, 3.05) is 12.3 Å². The number of nitrogen functional groups attached to an aromatic ring is 1. The van der Waals surface area contributed by atoms with Gasteiger partial charge in [0, 0.05) is 11.9 Å². The maximum atomic E-state index is 12.9. The van der Waals surface area contributed by atoms with Crippen LogP contribution in [0.1, 0.15) is 31.2 Å². The number of hydrogen-bond donors (Lipinski definition) is 2. The van der Waals surface area contributed by atoms with Crippen LogP contribution < -0.4 is 5.73 Å². The molecule has 0 saturated heterocycles. The highest BCUT2D eigenvalue weighted by Gasteiger charge is 2.31. The Morgan fingerprint density at radius 3 is 2.73 bits per heavy atom. The maximum Gasteiger partial charge on any atom is 0.416 e. The number of anilines is 1. The number of carbonyl (C=O) groups is 1. The van der Waals surface area contributed by atoms with Gasteiger partial charge >= 0.3 is 6.18 Å². The Balaban J connectivity index is 2.04. The largest absolute Gasteiger partial charge is 0.416 e. The Labute approximate surface area is 147 Å². The number of fused-ring (bicyclic) bond motifs is 3. The first-order chi connectivity index (χ1) is 12.3. The van der Waals surface area contributed by atoms with Gasteiger partial charge in [-0.3, -0.25) is 4.79 Å². The number of unbranched alkanes of at least 4 members (excludes halogenated alkanes) is 1. The van der Waals surface area contributed by atoms with Crippen molar-refractivity contribution < 1.29 is 18.0 Å². The maximum absolute atomic E-state index is 12.9. The molecule has 0 aliphatic rings. The molecule has 2 heterocycles. The van der Waals surface area contributed by atoms with Crippen molar-refractivity contribution in [2.24, 2.45) is 0 Å². The number of pyridine rings is 1. The monoisotopic (exact) mass is 365 g/mol. The number of halogens is 3. The molecule has 9 heteroatoms. The summed E-state index contributed by atoms with van der Waals surface area (Å²) in [5.74, 6) is 0.546. The number of hydrogen-bond acceptors (Lipinski definition) is 4. The average molecular weight is 365 g/mol. The van der Waals surface area contributed by atoms with E-state index < -0.39 is 11.7 Å². The third kappa shape index (κ3) is 3.42. The van der Waals surface area contributed by atoms with E-state index in [2.05, 4.69) is 15.0 Å². The Morgan fingerprint density at radius 2 is 2.08 bits per heavy atom. The number of aromatic amines is 1. The molecule has 1 aromatic carbocycles. The van der Waals surface area contributed by atoms with Crippen LogP contribution in [-0.2, 0) is 17.5 Å². The standard InChI is InChI=1S/C17H18F3N5O/c1-2-3-6-25(9-26)8-13-23-14-11-5-4-10(17(18,19)20)7-12(11)22-16(21)15(14)24-13/h4-5,7,9H,2-3,6,8H2,1H3,(H2,21,22)(H,23,24). The lowest BCUT2D eigenvalue weighted by Gasteiger charge is -2.14. The van der Waals surface area contributed by atoms with E-state index in [9.17, 15) is 18.0 Å². The molecule has 3 N–H and O–H groups in total. The zero-order valence-electron chi connectivity index (χ0n) is 14.1. The molecule has 0 radical (unpaired) electrons. The molecule has 0 saturated carbocycles. The van der Waals surface area contributed by atoms with E-state index in [0.717, 1.165) is 31.4 Å². The number of amides is 1. The van der Waals surface area contributed by atoms with Gasteiger partial charge in [-0.15, -0.1) is 0 Å². The van der Waals surface area contributed by atoms with Gasteiger partial charge in [0.25, 0.3) is 0 Å². The molecular weight excluding hydrogens is 347 g/mol. The van der Waals surface area contributed by atoms with E-state index in [1.54, 1.807) is 4.90 Å². The second-order valence-electron chi connectivity index (χ2n) is 6.06. The third-order valence-electron chi connectivity index (χ3n) is 4.13. The molecule has 3 aromatic rings. The summed E-state index contributed by atoms with van der Waals surface area (Å²) in [5.41, 5.74) is 6.12. The van der Waals surface area contributed by atoms with E-state index in [0.29, 0.717) is 28.8 Å². The van der Waals surface area contributed by atoms with Crippen molar-refractivity contribution in [3.63, 3.8) is 0 Å². The molecule has 6 nitrogen and oxygen atoms in total. The summed E-state index contributed by atoms with van der Waals surface area (Å²) in [4.78, 5) is 24.2. The number of carbonyl (C=O) groups excluding carboxylic acids is 1. The zero-order chi connectivity index (χ0) is 18.9. The summed E-state index contributed by atoms with van der Waals surface area (Å²) in [7, 11) is 0. The fourth-order valence-corrected chi connectivity index (χ4v) is 2.79. The summed E-state index contributed by atoms with van der Waals surface area (Å²) in [5, 5.41) is 0.493. The van der Waals surface area contributed by atoms with Crippen LogP contribution in [-0.4, -0.2) is 32.8 Å². The first-order valence-electron chi connectivity index (χ1n) is 8.18. The Hall–Kier alpha value is -2.84. The predicted octanol–water partition coefficient (Wildman–Crippen LogP) is 3.47. The van der Waals surface area contributed by atoms with Crippen LogP contribution in [0.15, 0.2) is 18.2 Å². The van der Waals surface area contributed by atoms with E-state index in [1.165, 1.54) is 6.07 Å². The van der Waals surface area contributed by atoms with Crippen LogP contribution in [0.3, 0.4) is 0 Å². The number of nitrogens with one attached hydrogen (secondary N) is 1. The van der Waals surface area contributed by atoms with Gasteiger partial charge in [-0.25, -0.2) is 9.97 Å². The summed E-state index contributed by atoms with van der Waals surface area (Å²) in [6.07, 6.45) is -1.89. The molecule has 0 unspecified atom stereocenters.